The Labute approximate surface area is 162 Å². The maximum absolute atomic E-state index is 12.1. The maximum atomic E-state index is 12.1. The smallest absolute Gasteiger partial charge is 0.222 e. The summed E-state index contributed by atoms with van der Waals surface area (Å²) < 4.78 is 5.61. The lowest BCUT2D eigenvalue weighted by Crippen LogP contribution is -2.32. The highest BCUT2D eigenvalue weighted by Crippen LogP contribution is 2.22. The van der Waals surface area contributed by atoms with Gasteiger partial charge in [-0.05, 0) is 48.6 Å². The number of amides is 2. The van der Waals surface area contributed by atoms with Gasteiger partial charge in [-0.25, -0.2) is 0 Å². The van der Waals surface area contributed by atoms with Crippen LogP contribution < -0.4 is 15.4 Å². The van der Waals surface area contributed by atoms with Gasteiger partial charge in [0.2, 0.25) is 11.8 Å². The summed E-state index contributed by atoms with van der Waals surface area (Å²) in [6.45, 7) is 2.63. The van der Waals surface area contributed by atoms with Crippen LogP contribution in [0.2, 0.25) is 5.02 Å². The number of hydrogen-bond acceptors (Lipinski definition) is 4. The van der Waals surface area contributed by atoms with Crippen molar-refractivity contribution < 1.29 is 14.3 Å². The topological polar surface area (TPSA) is 67.4 Å². The van der Waals surface area contributed by atoms with Crippen LogP contribution >= 0.6 is 22.9 Å². The molecule has 2 N–H and O–H groups in total. The molecule has 0 aliphatic rings. The Morgan fingerprint density at radius 1 is 1.19 bits per heavy atom. The molecule has 0 saturated carbocycles. The molecule has 1 unspecified atom stereocenters. The Bertz CT molecular complexity index is 689. The second-order valence-corrected chi connectivity index (χ2v) is 7.25. The van der Waals surface area contributed by atoms with Gasteiger partial charge in [0.1, 0.15) is 5.75 Å². The Hall–Kier alpha value is -2.05. The van der Waals surface area contributed by atoms with Crippen LogP contribution in [0.25, 0.3) is 0 Å². The van der Waals surface area contributed by atoms with Crippen LogP contribution in [0.5, 0.6) is 5.75 Å². The quantitative estimate of drug-likeness (QED) is 0.599. The van der Waals surface area contributed by atoms with E-state index in [1.165, 1.54) is 18.3 Å². The molecule has 1 aromatic carbocycles. The molecular formula is C19H23ClN2O3S. The summed E-state index contributed by atoms with van der Waals surface area (Å²) in [5.74, 6) is 0.568. The highest BCUT2D eigenvalue weighted by atomic mass is 35.5. The van der Waals surface area contributed by atoms with Crippen molar-refractivity contribution in [1.29, 1.82) is 0 Å². The number of nitrogens with one attached hydrogen (secondary N) is 2. The van der Waals surface area contributed by atoms with Crippen LogP contribution in [0.4, 0.5) is 0 Å². The van der Waals surface area contributed by atoms with Gasteiger partial charge in [0.05, 0.1) is 19.1 Å². The summed E-state index contributed by atoms with van der Waals surface area (Å²) >= 11 is 7.35. The highest BCUT2D eigenvalue weighted by molar-refractivity contribution is 7.10. The van der Waals surface area contributed by atoms with Crippen LogP contribution in [0.1, 0.15) is 37.1 Å². The fourth-order valence-electron chi connectivity index (χ4n) is 2.39. The van der Waals surface area contributed by atoms with Crippen molar-refractivity contribution in [3.8, 4) is 5.75 Å². The molecule has 0 spiro atoms. The Morgan fingerprint density at radius 3 is 2.62 bits per heavy atom. The zero-order valence-corrected chi connectivity index (χ0v) is 16.2. The summed E-state index contributed by atoms with van der Waals surface area (Å²) in [4.78, 5) is 24.4. The van der Waals surface area contributed by atoms with E-state index in [1.807, 2.05) is 29.6 Å². The van der Waals surface area contributed by atoms with Gasteiger partial charge in [0.15, 0.2) is 0 Å². The van der Waals surface area contributed by atoms with Crippen molar-refractivity contribution in [2.24, 2.45) is 0 Å². The van der Waals surface area contributed by atoms with E-state index in [2.05, 4.69) is 10.6 Å². The van der Waals surface area contributed by atoms with Gasteiger partial charge in [-0.1, -0.05) is 17.7 Å². The number of thiophene rings is 1. The van der Waals surface area contributed by atoms with E-state index in [1.54, 1.807) is 12.1 Å². The summed E-state index contributed by atoms with van der Waals surface area (Å²) in [7, 11) is 0. The predicted molar refractivity (Wildman–Crippen MR) is 105 cm³/mol. The van der Waals surface area contributed by atoms with E-state index in [0.717, 1.165) is 23.5 Å². The first-order valence-electron chi connectivity index (χ1n) is 8.50. The number of unbranched alkanes of at least 4 members (excludes halogenated alkanes) is 1. The lowest BCUT2D eigenvalue weighted by Gasteiger charge is -2.16. The predicted octanol–water partition coefficient (Wildman–Crippen LogP) is 3.94. The van der Waals surface area contributed by atoms with E-state index in [4.69, 9.17) is 16.3 Å². The van der Waals surface area contributed by atoms with E-state index in [-0.39, 0.29) is 24.3 Å². The minimum absolute atomic E-state index is 0.0734. The van der Waals surface area contributed by atoms with E-state index >= 15 is 0 Å². The zero-order chi connectivity index (χ0) is 18.8. The normalized spacial score (nSPS) is 11.6. The minimum Gasteiger partial charge on any atom is -0.494 e. The molecule has 140 valence electrons. The second kappa shape index (κ2) is 10.8. The molecule has 0 fully saturated rings. The van der Waals surface area contributed by atoms with Crippen LogP contribution in [0.15, 0.2) is 41.8 Å². The van der Waals surface area contributed by atoms with Gasteiger partial charge >= 0.3 is 0 Å². The van der Waals surface area contributed by atoms with Crippen molar-refractivity contribution in [2.45, 2.75) is 32.2 Å². The second-order valence-electron chi connectivity index (χ2n) is 5.83. The Balaban J connectivity index is 1.63. The number of rotatable bonds is 10. The molecule has 0 bridgehead atoms. The minimum atomic E-state index is -0.277. The van der Waals surface area contributed by atoms with Crippen molar-refractivity contribution in [3.05, 3.63) is 51.7 Å². The molecule has 0 radical (unpaired) electrons. The van der Waals surface area contributed by atoms with Gasteiger partial charge in [-0.15, -0.1) is 11.3 Å². The molecule has 26 heavy (non-hydrogen) atoms. The lowest BCUT2D eigenvalue weighted by molar-refractivity contribution is -0.122. The number of carbonyl (C=O) groups excluding carboxylic acids is 2. The molecule has 0 saturated heterocycles. The summed E-state index contributed by atoms with van der Waals surface area (Å²) in [6, 6.07) is 10.8. The molecule has 2 amide bonds. The van der Waals surface area contributed by atoms with Crippen molar-refractivity contribution in [1.82, 2.24) is 10.6 Å². The van der Waals surface area contributed by atoms with Crippen molar-refractivity contribution in [3.63, 3.8) is 0 Å². The van der Waals surface area contributed by atoms with E-state index < -0.39 is 0 Å². The molecule has 5 nitrogen and oxygen atoms in total. The third-order valence-electron chi connectivity index (χ3n) is 3.63. The van der Waals surface area contributed by atoms with Crippen LogP contribution in [0.3, 0.4) is 0 Å². The molecular weight excluding hydrogens is 372 g/mol. The first-order valence-corrected chi connectivity index (χ1v) is 9.76. The fraction of sp³-hybridized carbons (Fsp3) is 0.368. The van der Waals surface area contributed by atoms with Gasteiger partial charge < -0.3 is 15.4 Å². The first-order chi connectivity index (χ1) is 12.5. The fourth-order valence-corrected chi connectivity index (χ4v) is 3.29. The van der Waals surface area contributed by atoms with Crippen molar-refractivity contribution in [2.75, 3.05) is 13.2 Å². The summed E-state index contributed by atoms with van der Waals surface area (Å²) in [6.07, 6.45) is 1.90. The van der Waals surface area contributed by atoms with Gasteiger partial charge in [-0.3, -0.25) is 9.59 Å². The Kier molecular flexibility index (Phi) is 8.44. The van der Waals surface area contributed by atoms with Crippen molar-refractivity contribution >= 4 is 34.8 Å². The molecule has 7 heteroatoms. The first kappa shape index (κ1) is 20.3. The summed E-state index contributed by atoms with van der Waals surface area (Å²) in [5.41, 5.74) is 0. The molecule has 0 aliphatic heterocycles. The largest absolute Gasteiger partial charge is 0.494 e. The molecule has 1 aromatic heterocycles. The van der Waals surface area contributed by atoms with Crippen LogP contribution in [-0.4, -0.2) is 25.0 Å². The summed E-state index contributed by atoms with van der Waals surface area (Å²) in [5, 5.41) is 8.34. The average molecular weight is 395 g/mol. The standard InChI is InChI=1S/C19H23ClN2O3S/c1-14(23)22-17(18-5-4-12-26-18)13-19(24)21-10-2-3-11-25-16-8-6-15(20)7-9-16/h4-9,12,17H,2-3,10-11,13H2,1H3,(H,21,24)(H,22,23). The number of benzene rings is 1. The number of hydrogen-bond donors (Lipinski definition) is 2. The van der Waals surface area contributed by atoms with E-state index in [9.17, 15) is 9.59 Å². The molecule has 2 rings (SSSR count). The maximum Gasteiger partial charge on any atom is 0.222 e. The molecule has 1 heterocycles. The number of carbonyl (C=O) groups is 2. The van der Waals surface area contributed by atoms with E-state index in [0.29, 0.717) is 18.2 Å². The number of halogens is 1. The Morgan fingerprint density at radius 2 is 1.96 bits per heavy atom. The third kappa shape index (κ3) is 7.45. The molecule has 0 aliphatic carbocycles. The lowest BCUT2D eigenvalue weighted by atomic mass is 10.1. The van der Waals surface area contributed by atoms with Gasteiger partial charge in [0, 0.05) is 23.4 Å². The van der Waals surface area contributed by atoms with Gasteiger partial charge in [0.25, 0.3) is 0 Å². The van der Waals surface area contributed by atoms with Crippen LogP contribution in [0, 0.1) is 0 Å². The third-order valence-corrected chi connectivity index (χ3v) is 4.87. The number of ether oxygens (including phenoxy) is 1. The molecule has 1 atom stereocenters. The molecule has 2 aromatic rings. The monoisotopic (exact) mass is 394 g/mol. The SMILES string of the molecule is CC(=O)NC(CC(=O)NCCCCOc1ccc(Cl)cc1)c1cccs1. The average Bonchev–Trinajstić information content (AvgIpc) is 3.13. The van der Waals surface area contributed by atoms with Gasteiger partial charge in [-0.2, -0.15) is 0 Å². The zero-order valence-electron chi connectivity index (χ0n) is 14.7. The van der Waals surface area contributed by atoms with Crippen LogP contribution in [-0.2, 0) is 9.59 Å². The highest BCUT2D eigenvalue weighted by Gasteiger charge is 2.17.